The lowest BCUT2D eigenvalue weighted by Gasteiger charge is -2.07. The van der Waals surface area contributed by atoms with E-state index in [1.165, 1.54) is 0 Å². The number of amides is 1. The molecule has 0 heterocycles. The third-order valence-corrected chi connectivity index (χ3v) is 2.90. The zero-order chi connectivity index (χ0) is 14.2. The van der Waals surface area contributed by atoms with Gasteiger partial charge in [0.2, 0.25) is 0 Å². The Morgan fingerprint density at radius 3 is 2.35 bits per heavy atom. The van der Waals surface area contributed by atoms with Gasteiger partial charge in [-0.15, -0.1) is 0 Å². The van der Waals surface area contributed by atoms with Crippen molar-refractivity contribution in [2.75, 3.05) is 7.05 Å². The number of hydrogen-bond acceptors (Lipinski definition) is 3. The Morgan fingerprint density at radius 1 is 1.00 bits per heavy atom. The summed E-state index contributed by atoms with van der Waals surface area (Å²) in [5.74, 6) is -0.0789. The highest BCUT2D eigenvalue weighted by molar-refractivity contribution is 5.93. The largest absolute Gasteiger partial charge is 0.355 e. The summed E-state index contributed by atoms with van der Waals surface area (Å²) in [4.78, 5) is 16.8. The summed E-state index contributed by atoms with van der Waals surface area (Å²) in [5.41, 5.74) is 5.75. The van der Waals surface area contributed by atoms with E-state index in [1.54, 1.807) is 19.2 Å². The molecule has 0 saturated carbocycles. The van der Waals surface area contributed by atoms with Gasteiger partial charge in [-0.1, -0.05) is 42.5 Å². The van der Waals surface area contributed by atoms with Gasteiger partial charge in [0.25, 0.3) is 5.91 Å². The van der Waals surface area contributed by atoms with E-state index in [4.69, 9.17) is 4.84 Å². The standard InChI is InChI=1S/C16H18N2O2/c1-17-16(19)15-9-7-13(8-10-15)11-18-20-12-14-5-3-2-4-6-14/h2-10,18H,11-12H2,1H3,(H,17,19). The van der Waals surface area contributed by atoms with Crippen LogP contribution in [0.15, 0.2) is 54.6 Å². The molecule has 0 bridgehead atoms. The summed E-state index contributed by atoms with van der Waals surface area (Å²) >= 11 is 0. The maximum absolute atomic E-state index is 11.4. The van der Waals surface area contributed by atoms with Gasteiger partial charge < -0.3 is 5.32 Å². The van der Waals surface area contributed by atoms with E-state index in [9.17, 15) is 4.79 Å². The number of carbonyl (C=O) groups is 1. The molecule has 0 aliphatic heterocycles. The van der Waals surface area contributed by atoms with Crippen LogP contribution >= 0.6 is 0 Å². The van der Waals surface area contributed by atoms with Crippen molar-refractivity contribution >= 4 is 5.91 Å². The Kier molecular flexibility index (Phi) is 5.29. The van der Waals surface area contributed by atoms with Crippen molar-refractivity contribution in [3.63, 3.8) is 0 Å². The number of hydroxylamine groups is 1. The Labute approximate surface area is 118 Å². The van der Waals surface area contributed by atoms with Crippen LogP contribution in [-0.4, -0.2) is 13.0 Å². The molecule has 0 fully saturated rings. The Hall–Kier alpha value is -2.17. The lowest BCUT2D eigenvalue weighted by Crippen LogP contribution is -2.18. The molecule has 0 aliphatic rings. The highest BCUT2D eigenvalue weighted by Crippen LogP contribution is 2.05. The van der Waals surface area contributed by atoms with E-state index in [0.717, 1.165) is 11.1 Å². The van der Waals surface area contributed by atoms with E-state index in [0.29, 0.717) is 18.7 Å². The number of nitrogens with one attached hydrogen (secondary N) is 2. The number of rotatable bonds is 6. The molecule has 2 aromatic carbocycles. The second kappa shape index (κ2) is 7.43. The predicted molar refractivity (Wildman–Crippen MR) is 77.9 cm³/mol. The zero-order valence-corrected chi connectivity index (χ0v) is 11.4. The van der Waals surface area contributed by atoms with Crippen LogP contribution < -0.4 is 10.8 Å². The van der Waals surface area contributed by atoms with Crippen molar-refractivity contribution in [1.82, 2.24) is 10.8 Å². The maximum atomic E-state index is 11.4. The number of hydrogen-bond donors (Lipinski definition) is 2. The van der Waals surface area contributed by atoms with Crippen molar-refractivity contribution in [1.29, 1.82) is 0 Å². The van der Waals surface area contributed by atoms with Gasteiger partial charge in [0.1, 0.15) is 0 Å². The van der Waals surface area contributed by atoms with Gasteiger partial charge in [0.15, 0.2) is 0 Å². The third-order valence-electron chi connectivity index (χ3n) is 2.90. The maximum Gasteiger partial charge on any atom is 0.251 e. The summed E-state index contributed by atoms with van der Waals surface area (Å²) in [6.07, 6.45) is 0. The molecule has 0 radical (unpaired) electrons. The highest BCUT2D eigenvalue weighted by atomic mass is 16.6. The average Bonchev–Trinajstić information content (AvgIpc) is 2.52. The fraction of sp³-hybridized carbons (Fsp3) is 0.188. The van der Waals surface area contributed by atoms with Crippen molar-refractivity contribution < 1.29 is 9.63 Å². The van der Waals surface area contributed by atoms with Crippen LogP contribution in [0.25, 0.3) is 0 Å². The summed E-state index contributed by atoms with van der Waals surface area (Å²) in [5, 5.41) is 2.59. The molecule has 1 amide bonds. The molecule has 2 rings (SSSR count). The molecular formula is C16H18N2O2. The van der Waals surface area contributed by atoms with Crippen LogP contribution in [0.2, 0.25) is 0 Å². The van der Waals surface area contributed by atoms with E-state index >= 15 is 0 Å². The van der Waals surface area contributed by atoms with E-state index in [-0.39, 0.29) is 5.91 Å². The lowest BCUT2D eigenvalue weighted by molar-refractivity contribution is 0.0235. The van der Waals surface area contributed by atoms with Crippen molar-refractivity contribution in [3.05, 3.63) is 71.3 Å². The molecule has 0 saturated heterocycles. The lowest BCUT2D eigenvalue weighted by atomic mass is 10.1. The van der Waals surface area contributed by atoms with Crippen molar-refractivity contribution in [2.45, 2.75) is 13.2 Å². The SMILES string of the molecule is CNC(=O)c1ccc(CNOCc2ccccc2)cc1. The first-order valence-corrected chi connectivity index (χ1v) is 6.49. The van der Waals surface area contributed by atoms with Crippen LogP contribution in [0, 0.1) is 0 Å². The normalized spacial score (nSPS) is 10.2. The molecule has 2 aromatic rings. The smallest absolute Gasteiger partial charge is 0.251 e. The van der Waals surface area contributed by atoms with Gasteiger partial charge in [-0.25, -0.2) is 0 Å². The van der Waals surface area contributed by atoms with Crippen molar-refractivity contribution in [2.24, 2.45) is 0 Å². The molecule has 0 aromatic heterocycles. The minimum absolute atomic E-state index is 0.0789. The zero-order valence-electron chi connectivity index (χ0n) is 11.4. The monoisotopic (exact) mass is 270 g/mol. The quantitative estimate of drug-likeness (QED) is 0.625. The van der Waals surface area contributed by atoms with Gasteiger partial charge in [0.05, 0.1) is 6.61 Å². The Balaban J connectivity index is 1.75. The predicted octanol–water partition coefficient (Wildman–Crippen LogP) is 2.27. The van der Waals surface area contributed by atoms with E-state index < -0.39 is 0 Å². The Morgan fingerprint density at radius 2 is 1.70 bits per heavy atom. The summed E-state index contributed by atoms with van der Waals surface area (Å²) < 4.78 is 0. The second-order valence-electron chi connectivity index (χ2n) is 4.37. The first-order valence-electron chi connectivity index (χ1n) is 6.49. The summed E-state index contributed by atoms with van der Waals surface area (Å²) in [6.45, 7) is 1.12. The molecule has 4 heteroatoms. The topological polar surface area (TPSA) is 50.4 Å². The molecule has 0 atom stereocenters. The van der Waals surface area contributed by atoms with Crippen molar-refractivity contribution in [3.8, 4) is 0 Å². The number of benzene rings is 2. The highest BCUT2D eigenvalue weighted by Gasteiger charge is 2.02. The van der Waals surface area contributed by atoms with Crippen LogP contribution in [0.5, 0.6) is 0 Å². The minimum atomic E-state index is -0.0789. The van der Waals surface area contributed by atoms with E-state index in [1.807, 2.05) is 42.5 Å². The number of carbonyl (C=O) groups excluding carboxylic acids is 1. The van der Waals surface area contributed by atoms with Gasteiger partial charge >= 0.3 is 0 Å². The van der Waals surface area contributed by atoms with Gasteiger partial charge in [-0.2, -0.15) is 5.48 Å². The van der Waals surface area contributed by atoms with Crippen LogP contribution in [0.4, 0.5) is 0 Å². The van der Waals surface area contributed by atoms with E-state index in [2.05, 4.69) is 10.8 Å². The van der Waals surface area contributed by atoms with Gasteiger partial charge in [0, 0.05) is 19.2 Å². The first kappa shape index (κ1) is 14.2. The molecule has 0 unspecified atom stereocenters. The Bertz CT molecular complexity index is 538. The molecule has 0 aliphatic carbocycles. The molecule has 0 spiro atoms. The third kappa shape index (κ3) is 4.19. The van der Waals surface area contributed by atoms with Crippen LogP contribution in [-0.2, 0) is 18.0 Å². The fourth-order valence-corrected chi connectivity index (χ4v) is 1.76. The summed E-state index contributed by atoms with van der Waals surface area (Å²) in [7, 11) is 1.62. The molecular weight excluding hydrogens is 252 g/mol. The molecule has 20 heavy (non-hydrogen) atoms. The first-order chi connectivity index (χ1) is 9.79. The minimum Gasteiger partial charge on any atom is -0.355 e. The van der Waals surface area contributed by atoms with Gasteiger partial charge in [-0.3, -0.25) is 9.63 Å². The fourth-order valence-electron chi connectivity index (χ4n) is 1.76. The molecule has 104 valence electrons. The summed E-state index contributed by atoms with van der Waals surface area (Å²) in [6, 6.07) is 17.4. The van der Waals surface area contributed by atoms with Crippen LogP contribution in [0.1, 0.15) is 21.5 Å². The average molecular weight is 270 g/mol. The van der Waals surface area contributed by atoms with Gasteiger partial charge in [-0.05, 0) is 23.3 Å². The molecule has 4 nitrogen and oxygen atoms in total. The second-order valence-corrected chi connectivity index (χ2v) is 4.37. The van der Waals surface area contributed by atoms with Crippen LogP contribution in [0.3, 0.4) is 0 Å². The molecule has 2 N–H and O–H groups in total.